The zero-order chi connectivity index (χ0) is 15.9. The molecule has 0 bridgehead atoms. The van der Waals surface area contributed by atoms with E-state index in [4.69, 9.17) is 9.84 Å². The summed E-state index contributed by atoms with van der Waals surface area (Å²) in [4.78, 5) is 12.7. The standard InChI is InChI=1S/C17H18O4S/c1-17(2)9-12(19)21-15-11-6-4-3-5-10(11)14(20)16(13(15)17)22-8-7-18/h3-6,18,20H,7-9H2,1-2H3. The van der Waals surface area contributed by atoms with Crippen molar-refractivity contribution in [2.24, 2.45) is 0 Å². The Morgan fingerprint density at radius 3 is 2.64 bits per heavy atom. The average molecular weight is 318 g/mol. The Morgan fingerprint density at radius 1 is 1.27 bits per heavy atom. The molecule has 0 radical (unpaired) electrons. The van der Waals surface area contributed by atoms with E-state index in [1.54, 1.807) is 0 Å². The van der Waals surface area contributed by atoms with Crippen molar-refractivity contribution in [1.82, 2.24) is 0 Å². The second-order valence-electron chi connectivity index (χ2n) is 6.03. The molecule has 0 amide bonds. The lowest BCUT2D eigenvalue weighted by molar-refractivity contribution is -0.136. The van der Waals surface area contributed by atoms with Crippen molar-refractivity contribution in [3.05, 3.63) is 29.8 Å². The first-order valence-electron chi connectivity index (χ1n) is 7.18. The van der Waals surface area contributed by atoms with Crippen LogP contribution >= 0.6 is 11.8 Å². The molecule has 0 spiro atoms. The van der Waals surface area contributed by atoms with Gasteiger partial charge in [0.2, 0.25) is 0 Å². The number of hydrogen-bond acceptors (Lipinski definition) is 5. The second kappa shape index (κ2) is 5.48. The molecule has 22 heavy (non-hydrogen) atoms. The Kier molecular flexibility index (Phi) is 3.78. The molecular weight excluding hydrogens is 300 g/mol. The van der Waals surface area contributed by atoms with E-state index in [1.165, 1.54) is 11.8 Å². The molecule has 1 aliphatic heterocycles. The molecule has 116 valence electrons. The highest BCUT2D eigenvalue weighted by Gasteiger charge is 2.38. The third-order valence-electron chi connectivity index (χ3n) is 3.91. The summed E-state index contributed by atoms with van der Waals surface area (Å²) in [7, 11) is 0. The fourth-order valence-corrected chi connectivity index (χ4v) is 4.03. The Labute approximate surface area is 133 Å². The molecule has 0 atom stereocenters. The largest absolute Gasteiger partial charge is 0.506 e. The molecule has 2 N–H and O–H groups in total. The fraction of sp³-hybridized carbons (Fsp3) is 0.353. The van der Waals surface area contributed by atoms with E-state index in [9.17, 15) is 9.90 Å². The molecule has 3 rings (SSSR count). The van der Waals surface area contributed by atoms with Crippen LogP contribution in [0.25, 0.3) is 10.8 Å². The van der Waals surface area contributed by atoms with Gasteiger partial charge in [0, 0.05) is 27.5 Å². The van der Waals surface area contributed by atoms with Gasteiger partial charge in [0.25, 0.3) is 0 Å². The highest BCUT2D eigenvalue weighted by Crippen LogP contribution is 2.52. The van der Waals surface area contributed by atoms with E-state index < -0.39 is 5.41 Å². The third kappa shape index (κ3) is 2.34. The van der Waals surface area contributed by atoms with Crippen molar-refractivity contribution >= 4 is 28.5 Å². The predicted molar refractivity (Wildman–Crippen MR) is 86.7 cm³/mol. The minimum atomic E-state index is -0.427. The molecule has 2 aromatic carbocycles. The molecule has 4 nitrogen and oxygen atoms in total. The number of aliphatic hydroxyl groups is 1. The number of hydrogen-bond donors (Lipinski definition) is 2. The number of phenols is 1. The molecular formula is C17H18O4S. The van der Waals surface area contributed by atoms with Gasteiger partial charge in [0.05, 0.1) is 17.9 Å². The van der Waals surface area contributed by atoms with Crippen LogP contribution in [0, 0.1) is 0 Å². The summed E-state index contributed by atoms with van der Waals surface area (Å²) in [5, 5.41) is 21.2. The summed E-state index contributed by atoms with van der Waals surface area (Å²) in [5.74, 6) is 0.947. The lowest BCUT2D eigenvalue weighted by atomic mass is 9.78. The van der Waals surface area contributed by atoms with Crippen LogP contribution in [-0.4, -0.2) is 28.5 Å². The molecule has 0 aliphatic carbocycles. The first-order chi connectivity index (χ1) is 10.5. The van der Waals surface area contributed by atoms with Crippen LogP contribution in [0.3, 0.4) is 0 Å². The summed E-state index contributed by atoms with van der Waals surface area (Å²) in [6.45, 7) is 3.97. The number of esters is 1. The molecule has 0 unspecified atom stereocenters. The molecule has 1 heterocycles. The van der Waals surface area contributed by atoms with Gasteiger partial charge < -0.3 is 14.9 Å². The van der Waals surface area contributed by atoms with Gasteiger partial charge in [-0.15, -0.1) is 11.8 Å². The van der Waals surface area contributed by atoms with E-state index in [1.807, 2.05) is 38.1 Å². The Hall–Kier alpha value is -1.72. The van der Waals surface area contributed by atoms with Crippen LogP contribution in [0.1, 0.15) is 25.8 Å². The van der Waals surface area contributed by atoms with Gasteiger partial charge in [-0.05, 0) is 0 Å². The lowest BCUT2D eigenvalue weighted by Crippen LogP contribution is -2.31. The number of phenolic OH excluding ortho intramolecular Hbond substituents is 1. The van der Waals surface area contributed by atoms with Gasteiger partial charge >= 0.3 is 5.97 Å². The monoisotopic (exact) mass is 318 g/mol. The molecule has 1 aliphatic rings. The van der Waals surface area contributed by atoms with Crippen molar-refractivity contribution in [3.63, 3.8) is 0 Å². The summed E-state index contributed by atoms with van der Waals surface area (Å²) < 4.78 is 5.53. The maximum atomic E-state index is 12.0. The summed E-state index contributed by atoms with van der Waals surface area (Å²) in [6.07, 6.45) is 0.268. The number of ether oxygens (including phenoxy) is 1. The minimum absolute atomic E-state index is 0.0198. The molecule has 0 aromatic heterocycles. The van der Waals surface area contributed by atoms with Gasteiger partial charge in [-0.1, -0.05) is 38.1 Å². The van der Waals surface area contributed by atoms with Gasteiger partial charge in [-0.2, -0.15) is 0 Å². The number of fused-ring (bicyclic) bond motifs is 3. The Bertz CT molecular complexity index is 752. The van der Waals surface area contributed by atoms with Crippen molar-refractivity contribution in [1.29, 1.82) is 0 Å². The lowest BCUT2D eigenvalue weighted by Gasteiger charge is -2.34. The van der Waals surface area contributed by atoms with Crippen LogP contribution in [0.4, 0.5) is 0 Å². The van der Waals surface area contributed by atoms with Crippen LogP contribution in [0.5, 0.6) is 11.5 Å². The third-order valence-corrected chi connectivity index (χ3v) is 4.99. The van der Waals surface area contributed by atoms with Crippen LogP contribution in [-0.2, 0) is 10.2 Å². The van der Waals surface area contributed by atoms with E-state index in [0.717, 1.165) is 10.9 Å². The zero-order valence-electron chi connectivity index (χ0n) is 12.5. The minimum Gasteiger partial charge on any atom is -0.506 e. The highest BCUT2D eigenvalue weighted by molar-refractivity contribution is 7.99. The average Bonchev–Trinajstić information content (AvgIpc) is 2.47. The van der Waals surface area contributed by atoms with Crippen LogP contribution < -0.4 is 4.74 Å². The number of aliphatic hydroxyl groups excluding tert-OH is 1. The van der Waals surface area contributed by atoms with Crippen molar-refractivity contribution in [2.75, 3.05) is 12.4 Å². The predicted octanol–water partition coefficient (Wildman–Crippen LogP) is 3.22. The fourth-order valence-electron chi connectivity index (χ4n) is 2.97. The van der Waals surface area contributed by atoms with E-state index in [2.05, 4.69) is 0 Å². The van der Waals surface area contributed by atoms with Crippen molar-refractivity contribution in [3.8, 4) is 11.5 Å². The molecule has 0 saturated heterocycles. The first kappa shape index (κ1) is 15.2. The van der Waals surface area contributed by atoms with Gasteiger partial charge in [0.15, 0.2) is 0 Å². The van der Waals surface area contributed by atoms with Crippen molar-refractivity contribution < 1.29 is 19.7 Å². The molecule has 5 heteroatoms. The van der Waals surface area contributed by atoms with Gasteiger partial charge in [-0.3, -0.25) is 4.79 Å². The first-order valence-corrected chi connectivity index (χ1v) is 8.17. The van der Waals surface area contributed by atoms with E-state index >= 15 is 0 Å². The highest BCUT2D eigenvalue weighted by atomic mass is 32.2. The van der Waals surface area contributed by atoms with Crippen LogP contribution in [0.2, 0.25) is 0 Å². The normalized spacial score (nSPS) is 16.4. The molecule has 2 aromatic rings. The number of carbonyl (C=O) groups is 1. The number of benzene rings is 2. The molecule has 0 saturated carbocycles. The molecule has 0 fully saturated rings. The van der Waals surface area contributed by atoms with Gasteiger partial charge in [0.1, 0.15) is 11.5 Å². The maximum absolute atomic E-state index is 12.0. The summed E-state index contributed by atoms with van der Waals surface area (Å²) in [5.41, 5.74) is 0.422. The zero-order valence-corrected chi connectivity index (χ0v) is 13.4. The van der Waals surface area contributed by atoms with Crippen molar-refractivity contribution in [2.45, 2.75) is 30.6 Å². The smallest absolute Gasteiger partial charge is 0.312 e. The summed E-state index contributed by atoms with van der Waals surface area (Å²) >= 11 is 1.39. The Balaban J connectivity index is 2.37. The maximum Gasteiger partial charge on any atom is 0.312 e. The number of thioether (sulfide) groups is 1. The Morgan fingerprint density at radius 2 is 1.95 bits per heavy atom. The van der Waals surface area contributed by atoms with E-state index in [0.29, 0.717) is 21.8 Å². The number of aromatic hydroxyl groups is 1. The van der Waals surface area contributed by atoms with Crippen LogP contribution in [0.15, 0.2) is 29.2 Å². The summed E-state index contributed by atoms with van der Waals surface area (Å²) in [6, 6.07) is 7.36. The topological polar surface area (TPSA) is 66.8 Å². The second-order valence-corrected chi connectivity index (χ2v) is 7.14. The number of carbonyl (C=O) groups excluding carboxylic acids is 1. The number of rotatable bonds is 3. The van der Waals surface area contributed by atoms with E-state index in [-0.39, 0.29) is 24.7 Å². The quantitative estimate of drug-likeness (QED) is 0.517. The van der Waals surface area contributed by atoms with Gasteiger partial charge in [-0.25, -0.2) is 0 Å². The SMILES string of the molecule is CC1(C)CC(=O)Oc2c1c(SCCO)c(O)c1ccccc21.